The van der Waals surface area contributed by atoms with Gasteiger partial charge in [0, 0.05) is 10.4 Å². The van der Waals surface area contributed by atoms with Crippen molar-refractivity contribution >= 4 is 15.9 Å². The Morgan fingerprint density at radius 2 is 2.29 bits per heavy atom. The first-order valence-electron chi connectivity index (χ1n) is 4.57. The molecular formula is C12H14BrO. The summed E-state index contributed by atoms with van der Waals surface area (Å²) in [5, 5.41) is 0. The molecule has 0 N–H and O–H groups in total. The van der Waals surface area contributed by atoms with Crippen LogP contribution in [0.15, 0.2) is 35.3 Å². The predicted molar refractivity (Wildman–Crippen MR) is 63.6 cm³/mol. The summed E-state index contributed by atoms with van der Waals surface area (Å²) < 4.78 is 6.46. The number of hydrogen-bond donors (Lipinski definition) is 0. The summed E-state index contributed by atoms with van der Waals surface area (Å²) in [6.45, 7) is 10.4. The fraction of sp³-hybridized carbons (Fsp3) is 0.250. The number of allylic oxidation sites excluding steroid dienone is 1. The molecule has 2 heteroatoms. The largest absolute Gasteiger partial charge is 0.494 e. The van der Waals surface area contributed by atoms with Gasteiger partial charge in [-0.25, -0.2) is 0 Å². The molecule has 1 aromatic rings. The van der Waals surface area contributed by atoms with E-state index in [4.69, 9.17) is 4.74 Å². The molecular weight excluding hydrogens is 240 g/mol. The first-order chi connectivity index (χ1) is 6.69. The van der Waals surface area contributed by atoms with E-state index in [0.717, 1.165) is 15.8 Å². The summed E-state index contributed by atoms with van der Waals surface area (Å²) in [4.78, 5) is 0. The zero-order chi connectivity index (χ0) is 10.6. The fourth-order valence-electron chi connectivity index (χ4n) is 1.19. The number of benzene rings is 1. The predicted octanol–water partition coefficient (Wildman–Crippen LogP) is 3.95. The van der Waals surface area contributed by atoms with E-state index in [-0.39, 0.29) is 5.92 Å². The maximum Gasteiger partial charge on any atom is 0.119 e. The number of hydrogen-bond acceptors (Lipinski definition) is 1. The van der Waals surface area contributed by atoms with E-state index in [0.29, 0.717) is 6.61 Å². The van der Waals surface area contributed by atoms with Crippen molar-refractivity contribution in [1.29, 1.82) is 0 Å². The Morgan fingerprint density at radius 1 is 1.57 bits per heavy atom. The van der Waals surface area contributed by atoms with Gasteiger partial charge in [0.1, 0.15) is 5.75 Å². The zero-order valence-electron chi connectivity index (χ0n) is 8.29. The van der Waals surface area contributed by atoms with Crippen LogP contribution in [0.5, 0.6) is 5.75 Å². The highest BCUT2D eigenvalue weighted by atomic mass is 79.9. The van der Waals surface area contributed by atoms with Crippen molar-refractivity contribution in [2.24, 2.45) is 0 Å². The summed E-state index contributed by atoms with van der Waals surface area (Å²) in [6.07, 6.45) is 1.82. The van der Waals surface area contributed by atoms with Gasteiger partial charge >= 0.3 is 0 Å². The molecule has 14 heavy (non-hydrogen) atoms. The van der Waals surface area contributed by atoms with E-state index in [1.165, 1.54) is 0 Å². The normalized spacial score (nSPS) is 12.2. The third-order valence-corrected chi connectivity index (χ3v) is 2.68. The molecule has 0 spiro atoms. The Hall–Kier alpha value is -0.760. The minimum absolute atomic E-state index is 0.0878. The summed E-state index contributed by atoms with van der Waals surface area (Å²) in [5.74, 6) is 0.964. The van der Waals surface area contributed by atoms with E-state index in [1.807, 2.05) is 31.2 Å². The minimum Gasteiger partial charge on any atom is -0.494 e. The molecule has 0 heterocycles. The molecule has 0 amide bonds. The lowest BCUT2D eigenvalue weighted by Crippen LogP contribution is -1.95. The number of rotatable bonds is 4. The molecule has 0 aliphatic heterocycles. The molecule has 1 aromatic carbocycles. The van der Waals surface area contributed by atoms with Gasteiger partial charge in [-0.1, -0.05) is 22.0 Å². The maximum atomic E-state index is 5.41. The second-order valence-electron chi connectivity index (χ2n) is 2.96. The van der Waals surface area contributed by atoms with Crippen molar-refractivity contribution in [2.45, 2.75) is 12.8 Å². The van der Waals surface area contributed by atoms with Gasteiger partial charge in [-0.15, -0.1) is 6.58 Å². The molecule has 0 bridgehead atoms. The summed E-state index contributed by atoms with van der Waals surface area (Å²) in [5.41, 5.74) is 1.10. The SMILES string of the molecule is [CH2]C(C=C)c1cc(OCC)ccc1Br. The van der Waals surface area contributed by atoms with Crippen LogP contribution in [0.3, 0.4) is 0 Å². The first-order valence-corrected chi connectivity index (χ1v) is 5.36. The molecule has 0 saturated carbocycles. The molecule has 1 nitrogen and oxygen atoms in total. The van der Waals surface area contributed by atoms with Crippen molar-refractivity contribution in [1.82, 2.24) is 0 Å². The Bertz CT molecular complexity index is 320. The standard InChI is InChI=1S/C12H14BrO/c1-4-9(3)11-8-10(14-5-2)6-7-12(11)13/h4,6-9H,1,3,5H2,2H3. The van der Waals surface area contributed by atoms with Crippen LogP contribution in [0, 0.1) is 6.92 Å². The maximum absolute atomic E-state index is 5.41. The summed E-state index contributed by atoms with van der Waals surface area (Å²) >= 11 is 3.48. The van der Waals surface area contributed by atoms with Crippen LogP contribution in [0.1, 0.15) is 18.4 Å². The topological polar surface area (TPSA) is 9.23 Å². The zero-order valence-corrected chi connectivity index (χ0v) is 9.88. The number of halogens is 1. The highest BCUT2D eigenvalue weighted by Gasteiger charge is 2.07. The molecule has 0 aromatic heterocycles. The van der Waals surface area contributed by atoms with Crippen LogP contribution in [-0.4, -0.2) is 6.61 Å². The molecule has 0 saturated heterocycles. The molecule has 1 unspecified atom stereocenters. The molecule has 1 radical (unpaired) electrons. The second-order valence-corrected chi connectivity index (χ2v) is 3.81. The average Bonchev–Trinajstić information content (AvgIpc) is 2.20. The van der Waals surface area contributed by atoms with Crippen molar-refractivity contribution in [3.63, 3.8) is 0 Å². The first kappa shape index (κ1) is 11.3. The lowest BCUT2D eigenvalue weighted by molar-refractivity contribution is 0.340. The van der Waals surface area contributed by atoms with Crippen LogP contribution in [0.2, 0.25) is 0 Å². The van der Waals surface area contributed by atoms with Gasteiger partial charge in [0.15, 0.2) is 0 Å². The van der Waals surface area contributed by atoms with Crippen molar-refractivity contribution in [3.05, 3.63) is 47.8 Å². The van der Waals surface area contributed by atoms with Crippen molar-refractivity contribution < 1.29 is 4.74 Å². The third kappa shape index (κ3) is 2.61. The molecule has 0 fully saturated rings. The van der Waals surface area contributed by atoms with E-state index in [1.54, 1.807) is 0 Å². The van der Waals surface area contributed by atoms with E-state index < -0.39 is 0 Å². The van der Waals surface area contributed by atoms with Gasteiger partial charge in [0.2, 0.25) is 0 Å². The highest BCUT2D eigenvalue weighted by molar-refractivity contribution is 9.10. The van der Waals surface area contributed by atoms with Crippen molar-refractivity contribution in [2.75, 3.05) is 6.61 Å². The lowest BCUT2D eigenvalue weighted by atomic mass is 10.0. The average molecular weight is 254 g/mol. The van der Waals surface area contributed by atoms with Gasteiger partial charge < -0.3 is 4.74 Å². The van der Waals surface area contributed by atoms with E-state index >= 15 is 0 Å². The lowest BCUT2D eigenvalue weighted by Gasteiger charge is -2.11. The molecule has 1 rings (SSSR count). The van der Waals surface area contributed by atoms with Gasteiger partial charge in [-0.2, -0.15) is 0 Å². The van der Waals surface area contributed by atoms with Crippen LogP contribution >= 0.6 is 15.9 Å². The Kier molecular flexibility index (Phi) is 4.21. The van der Waals surface area contributed by atoms with Crippen LogP contribution in [0.4, 0.5) is 0 Å². The van der Waals surface area contributed by atoms with Gasteiger partial charge in [-0.3, -0.25) is 0 Å². The Morgan fingerprint density at radius 3 is 2.86 bits per heavy atom. The summed E-state index contributed by atoms with van der Waals surface area (Å²) in [7, 11) is 0. The van der Waals surface area contributed by atoms with Gasteiger partial charge in [0.05, 0.1) is 6.61 Å². The molecule has 1 atom stereocenters. The van der Waals surface area contributed by atoms with Crippen LogP contribution in [-0.2, 0) is 0 Å². The minimum atomic E-state index is 0.0878. The Labute approximate surface area is 93.9 Å². The van der Waals surface area contributed by atoms with Crippen LogP contribution in [0.25, 0.3) is 0 Å². The molecule has 0 aliphatic rings. The van der Waals surface area contributed by atoms with E-state index in [9.17, 15) is 0 Å². The van der Waals surface area contributed by atoms with E-state index in [2.05, 4.69) is 29.4 Å². The van der Waals surface area contributed by atoms with Gasteiger partial charge in [0.25, 0.3) is 0 Å². The van der Waals surface area contributed by atoms with Crippen LogP contribution < -0.4 is 4.74 Å². The van der Waals surface area contributed by atoms with Gasteiger partial charge in [-0.05, 0) is 37.6 Å². The highest BCUT2D eigenvalue weighted by Crippen LogP contribution is 2.29. The third-order valence-electron chi connectivity index (χ3n) is 1.96. The fourth-order valence-corrected chi connectivity index (χ4v) is 1.73. The second kappa shape index (κ2) is 5.20. The molecule has 0 aliphatic carbocycles. The number of ether oxygens (including phenoxy) is 1. The quantitative estimate of drug-likeness (QED) is 0.739. The monoisotopic (exact) mass is 253 g/mol. The summed E-state index contributed by atoms with van der Waals surface area (Å²) in [6, 6.07) is 5.90. The smallest absolute Gasteiger partial charge is 0.119 e. The van der Waals surface area contributed by atoms with Crippen molar-refractivity contribution in [3.8, 4) is 5.75 Å². The molecule has 75 valence electrons. The Balaban J connectivity index is 3.01.